The number of nitriles is 1. The summed E-state index contributed by atoms with van der Waals surface area (Å²) >= 11 is 0. The molecule has 166 valence electrons. The van der Waals surface area contributed by atoms with Gasteiger partial charge in [0, 0.05) is 37.4 Å². The van der Waals surface area contributed by atoms with Crippen molar-refractivity contribution >= 4 is 11.9 Å². The van der Waals surface area contributed by atoms with Crippen LogP contribution in [0.3, 0.4) is 0 Å². The average Bonchev–Trinajstić information content (AvgIpc) is 3.62. The highest BCUT2D eigenvalue weighted by molar-refractivity contribution is 5.88. The Hall–Kier alpha value is -2.73. The van der Waals surface area contributed by atoms with Crippen LogP contribution in [0.15, 0.2) is 30.3 Å². The molecule has 1 heterocycles. The van der Waals surface area contributed by atoms with Gasteiger partial charge in [-0.25, -0.2) is 13.6 Å². The summed E-state index contributed by atoms with van der Waals surface area (Å²) in [5.41, 5.74) is 5.50. The van der Waals surface area contributed by atoms with Crippen molar-refractivity contribution in [3.63, 3.8) is 0 Å². The van der Waals surface area contributed by atoms with E-state index < -0.39 is 42.3 Å². The van der Waals surface area contributed by atoms with E-state index in [9.17, 15) is 23.6 Å². The fraction of sp³-hybridized carbons (Fsp3) is 0.591. The third-order valence-electron chi connectivity index (χ3n) is 6.64. The number of halogens is 2. The fourth-order valence-corrected chi connectivity index (χ4v) is 4.26. The lowest BCUT2D eigenvalue weighted by Crippen LogP contribution is -2.55. The molecule has 0 bridgehead atoms. The maximum absolute atomic E-state index is 14.8. The minimum Gasteiger partial charge on any atom is -0.336 e. The Morgan fingerprint density at radius 2 is 1.94 bits per heavy atom. The molecule has 9 heteroatoms. The van der Waals surface area contributed by atoms with Crippen molar-refractivity contribution in [1.29, 1.82) is 5.26 Å². The van der Waals surface area contributed by atoms with Crippen LogP contribution in [0.5, 0.6) is 0 Å². The predicted molar refractivity (Wildman–Crippen MR) is 109 cm³/mol. The van der Waals surface area contributed by atoms with Gasteiger partial charge in [0.05, 0.1) is 6.07 Å². The first-order valence-corrected chi connectivity index (χ1v) is 10.6. The van der Waals surface area contributed by atoms with E-state index in [4.69, 9.17) is 5.73 Å². The molecular weight excluding hydrogens is 404 g/mol. The molecule has 1 aliphatic heterocycles. The topological polar surface area (TPSA) is 111 Å². The van der Waals surface area contributed by atoms with Gasteiger partial charge in [-0.3, -0.25) is 4.79 Å². The van der Waals surface area contributed by atoms with E-state index in [0.29, 0.717) is 31.5 Å². The van der Waals surface area contributed by atoms with Gasteiger partial charge in [0.1, 0.15) is 11.6 Å². The summed E-state index contributed by atoms with van der Waals surface area (Å²) in [6.07, 6.45) is 1.43. The number of hydrogen-bond donors (Lipinski definition) is 3. The zero-order valence-corrected chi connectivity index (χ0v) is 17.2. The second kappa shape index (κ2) is 7.75. The standard InChI is InChI=1S/C22H27F2N5O2/c23-22(24,10-15-4-2-1-3-5-15)11-16(18(30)28-21(13-25)8-9-21)27-19(31)29-12-17(26)20(14-29)6-7-20/h1-5,16-17H,6-12,14,26H2,(H,27,31)(H,28,30). The summed E-state index contributed by atoms with van der Waals surface area (Å²) in [6.45, 7) is 0.805. The van der Waals surface area contributed by atoms with Crippen LogP contribution in [0.2, 0.25) is 0 Å². The number of likely N-dealkylation sites (tertiary alicyclic amines) is 1. The van der Waals surface area contributed by atoms with Gasteiger partial charge < -0.3 is 21.3 Å². The van der Waals surface area contributed by atoms with E-state index in [0.717, 1.165) is 12.8 Å². The van der Waals surface area contributed by atoms with E-state index >= 15 is 0 Å². The molecule has 3 fully saturated rings. The number of nitrogens with zero attached hydrogens (tertiary/aromatic N) is 2. The molecule has 4 rings (SSSR count). The number of rotatable bonds is 7. The minimum atomic E-state index is -3.22. The summed E-state index contributed by atoms with van der Waals surface area (Å²) in [7, 11) is 0. The van der Waals surface area contributed by atoms with Gasteiger partial charge in [0.25, 0.3) is 5.92 Å². The van der Waals surface area contributed by atoms with Crippen molar-refractivity contribution in [2.24, 2.45) is 11.1 Å². The van der Waals surface area contributed by atoms with Gasteiger partial charge in [-0.2, -0.15) is 5.26 Å². The van der Waals surface area contributed by atoms with E-state index in [1.165, 1.54) is 4.90 Å². The number of carbonyl (C=O) groups excluding carboxylic acids is 2. The Balaban J connectivity index is 1.45. The third kappa shape index (κ3) is 4.79. The Morgan fingerprint density at radius 3 is 2.48 bits per heavy atom. The second-order valence-electron chi connectivity index (χ2n) is 9.26. The molecule has 31 heavy (non-hydrogen) atoms. The Bertz CT molecular complexity index is 893. The maximum Gasteiger partial charge on any atom is 0.318 e. The SMILES string of the molecule is N#CC1(NC(=O)C(CC(F)(F)Cc2ccccc2)NC(=O)N2CC(N)C3(CC3)C2)CC1. The van der Waals surface area contributed by atoms with E-state index in [2.05, 4.69) is 10.6 Å². The first kappa shape index (κ1) is 21.5. The van der Waals surface area contributed by atoms with Gasteiger partial charge in [0.15, 0.2) is 0 Å². The largest absolute Gasteiger partial charge is 0.336 e. The number of nitrogens with two attached hydrogens (primary N) is 1. The lowest BCUT2D eigenvalue weighted by Gasteiger charge is -2.27. The highest BCUT2D eigenvalue weighted by Gasteiger charge is 2.55. The lowest BCUT2D eigenvalue weighted by atomic mass is 10.00. The van der Waals surface area contributed by atoms with E-state index in [1.807, 2.05) is 6.07 Å². The Morgan fingerprint density at radius 1 is 1.26 bits per heavy atom. The molecule has 2 saturated carbocycles. The Kier molecular flexibility index (Phi) is 5.38. The number of carbonyl (C=O) groups is 2. The van der Waals surface area contributed by atoms with Crippen molar-refractivity contribution in [1.82, 2.24) is 15.5 Å². The van der Waals surface area contributed by atoms with Crippen molar-refractivity contribution in [2.45, 2.75) is 62.1 Å². The monoisotopic (exact) mass is 431 g/mol. The molecule has 3 aliphatic rings. The smallest absolute Gasteiger partial charge is 0.318 e. The number of amides is 3. The predicted octanol–water partition coefficient (Wildman–Crippen LogP) is 1.93. The quantitative estimate of drug-likeness (QED) is 0.612. The summed E-state index contributed by atoms with van der Waals surface area (Å²) in [5, 5.41) is 14.3. The normalized spacial score (nSPS) is 23.7. The molecular formula is C22H27F2N5O2. The molecule has 3 amide bonds. The first-order valence-electron chi connectivity index (χ1n) is 10.6. The van der Waals surface area contributed by atoms with E-state index in [-0.39, 0.29) is 11.5 Å². The van der Waals surface area contributed by atoms with Crippen LogP contribution in [0, 0.1) is 16.7 Å². The molecule has 1 spiro atoms. The molecule has 1 saturated heterocycles. The summed E-state index contributed by atoms with van der Waals surface area (Å²) in [6, 6.07) is 8.12. The number of nitrogens with one attached hydrogen (secondary N) is 2. The molecule has 0 radical (unpaired) electrons. The number of hydrogen-bond acceptors (Lipinski definition) is 4. The molecule has 2 unspecified atom stereocenters. The van der Waals surface area contributed by atoms with Gasteiger partial charge >= 0.3 is 6.03 Å². The van der Waals surface area contributed by atoms with E-state index in [1.54, 1.807) is 30.3 Å². The molecule has 1 aromatic rings. The van der Waals surface area contributed by atoms with Gasteiger partial charge in [-0.15, -0.1) is 0 Å². The van der Waals surface area contributed by atoms with Crippen LogP contribution in [0.4, 0.5) is 13.6 Å². The van der Waals surface area contributed by atoms with Gasteiger partial charge in [-0.05, 0) is 31.2 Å². The maximum atomic E-state index is 14.8. The van der Waals surface area contributed by atoms with Crippen molar-refractivity contribution in [3.05, 3.63) is 35.9 Å². The van der Waals surface area contributed by atoms with Crippen LogP contribution in [-0.2, 0) is 11.2 Å². The third-order valence-corrected chi connectivity index (χ3v) is 6.64. The van der Waals surface area contributed by atoms with Crippen LogP contribution in [0.1, 0.15) is 37.7 Å². The number of alkyl halides is 2. The number of urea groups is 1. The highest BCUT2D eigenvalue weighted by atomic mass is 19.3. The van der Waals surface area contributed by atoms with Crippen LogP contribution < -0.4 is 16.4 Å². The number of benzene rings is 1. The zero-order chi connectivity index (χ0) is 22.3. The summed E-state index contributed by atoms with van der Waals surface area (Å²) in [5.74, 6) is -3.98. The zero-order valence-electron chi connectivity index (χ0n) is 17.2. The van der Waals surface area contributed by atoms with Crippen molar-refractivity contribution in [2.75, 3.05) is 13.1 Å². The first-order chi connectivity index (χ1) is 14.7. The molecule has 1 aromatic carbocycles. The van der Waals surface area contributed by atoms with Gasteiger partial charge in [0.2, 0.25) is 5.91 Å². The lowest BCUT2D eigenvalue weighted by molar-refractivity contribution is -0.126. The fourth-order valence-electron chi connectivity index (χ4n) is 4.26. The van der Waals surface area contributed by atoms with Crippen LogP contribution in [0.25, 0.3) is 0 Å². The van der Waals surface area contributed by atoms with Crippen molar-refractivity contribution < 1.29 is 18.4 Å². The average molecular weight is 431 g/mol. The van der Waals surface area contributed by atoms with Crippen LogP contribution in [-0.4, -0.2) is 53.5 Å². The molecule has 0 aromatic heterocycles. The van der Waals surface area contributed by atoms with Crippen molar-refractivity contribution in [3.8, 4) is 6.07 Å². The van der Waals surface area contributed by atoms with Crippen LogP contribution >= 0.6 is 0 Å². The highest BCUT2D eigenvalue weighted by Crippen LogP contribution is 2.51. The molecule has 7 nitrogen and oxygen atoms in total. The summed E-state index contributed by atoms with van der Waals surface area (Å²) < 4.78 is 29.7. The minimum absolute atomic E-state index is 0.0643. The second-order valence-corrected chi connectivity index (χ2v) is 9.26. The summed E-state index contributed by atoms with van der Waals surface area (Å²) in [4.78, 5) is 27.1. The molecule has 2 aliphatic carbocycles. The molecule has 4 N–H and O–H groups in total. The van der Waals surface area contributed by atoms with Gasteiger partial charge in [-0.1, -0.05) is 30.3 Å². The molecule has 2 atom stereocenters. The Labute approximate surface area is 179 Å².